The SMILES string of the molecule is COCCN(C)CC1(CN)CCOC1. The molecule has 2 N–H and O–H groups in total. The molecule has 0 spiro atoms. The van der Waals surface area contributed by atoms with E-state index < -0.39 is 0 Å². The summed E-state index contributed by atoms with van der Waals surface area (Å²) in [7, 11) is 3.83. The fraction of sp³-hybridized carbons (Fsp3) is 1.00. The third-order valence-electron chi connectivity index (χ3n) is 2.90. The fourth-order valence-electron chi connectivity index (χ4n) is 1.90. The van der Waals surface area contributed by atoms with Crippen molar-refractivity contribution in [2.45, 2.75) is 6.42 Å². The molecule has 1 unspecified atom stereocenters. The van der Waals surface area contributed by atoms with Gasteiger partial charge in [0.1, 0.15) is 0 Å². The highest BCUT2D eigenvalue weighted by Crippen LogP contribution is 2.27. The fourth-order valence-corrected chi connectivity index (χ4v) is 1.90. The summed E-state index contributed by atoms with van der Waals surface area (Å²) in [6.07, 6.45) is 1.08. The molecule has 0 aromatic heterocycles. The molecule has 0 aromatic rings. The first-order valence-corrected chi connectivity index (χ1v) is 5.18. The van der Waals surface area contributed by atoms with Gasteiger partial charge in [-0.3, -0.25) is 0 Å². The zero-order chi connectivity index (χ0) is 10.4. The monoisotopic (exact) mass is 202 g/mol. The van der Waals surface area contributed by atoms with Crippen LogP contribution in [0.2, 0.25) is 0 Å². The van der Waals surface area contributed by atoms with E-state index in [9.17, 15) is 0 Å². The van der Waals surface area contributed by atoms with E-state index in [1.807, 2.05) is 0 Å². The number of methoxy groups -OCH3 is 1. The van der Waals surface area contributed by atoms with E-state index in [-0.39, 0.29) is 5.41 Å². The molecule has 0 aliphatic carbocycles. The molecule has 0 aromatic carbocycles. The lowest BCUT2D eigenvalue weighted by Gasteiger charge is -2.30. The van der Waals surface area contributed by atoms with E-state index in [0.29, 0.717) is 6.54 Å². The van der Waals surface area contributed by atoms with Gasteiger partial charge in [0.15, 0.2) is 0 Å². The molecular weight excluding hydrogens is 180 g/mol. The summed E-state index contributed by atoms with van der Waals surface area (Å²) in [5.74, 6) is 0. The van der Waals surface area contributed by atoms with Gasteiger partial charge in [0.2, 0.25) is 0 Å². The second-order valence-corrected chi connectivity index (χ2v) is 4.24. The molecule has 1 aliphatic heterocycles. The van der Waals surface area contributed by atoms with Crippen LogP contribution >= 0.6 is 0 Å². The van der Waals surface area contributed by atoms with Crippen LogP contribution in [-0.4, -0.2) is 58.5 Å². The van der Waals surface area contributed by atoms with Crippen LogP contribution in [0.3, 0.4) is 0 Å². The largest absolute Gasteiger partial charge is 0.383 e. The van der Waals surface area contributed by atoms with Crippen molar-refractivity contribution in [3.05, 3.63) is 0 Å². The molecule has 1 aliphatic rings. The molecule has 1 atom stereocenters. The Bertz CT molecular complexity index is 158. The number of nitrogens with zero attached hydrogens (tertiary/aromatic N) is 1. The minimum Gasteiger partial charge on any atom is -0.383 e. The maximum absolute atomic E-state index is 5.81. The Hall–Kier alpha value is -0.160. The number of rotatable bonds is 6. The van der Waals surface area contributed by atoms with Gasteiger partial charge in [-0.25, -0.2) is 0 Å². The predicted octanol–water partition coefficient (Wildman–Crippen LogP) is -0.0700. The van der Waals surface area contributed by atoms with Crippen molar-refractivity contribution in [1.29, 1.82) is 0 Å². The van der Waals surface area contributed by atoms with E-state index >= 15 is 0 Å². The number of ether oxygens (including phenoxy) is 2. The van der Waals surface area contributed by atoms with Crippen molar-refractivity contribution in [1.82, 2.24) is 4.90 Å². The molecule has 0 amide bonds. The highest BCUT2D eigenvalue weighted by atomic mass is 16.5. The summed E-state index contributed by atoms with van der Waals surface area (Å²) < 4.78 is 10.5. The normalized spacial score (nSPS) is 27.4. The van der Waals surface area contributed by atoms with Gasteiger partial charge >= 0.3 is 0 Å². The Balaban J connectivity index is 2.32. The average Bonchev–Trinajstić information content (AvgIpc) is 2.64. The van der Waals surface area contributed by atoms with Gasteiger partial charge in [-0.1, -0.05) is 0 Å². The Morgan fingerprint density at radius 2 is 2.36 bits per heavy atom. The van der Waals surface area contributed by atoms with E-state index in [2.05, 4.69) is 11.9 Å². The van der Waals surface area contributed by atoms with Crippen molar-refractivity contribution < 1.29 is 9.47 Å². The standard InChI is InChI=1S/C10H22N2O2/c1-12(4-6-13-2)8-10(7-11)3-5-14-9-10/h3-9,11H2,1-2H3. The first kappa shape index (κ1) is 11.9. The molecule has 4 nitrogen and oxygen atoms in total. The molecule has 0 bridgehead atoms. The number of hydrogen-bond donors (Lipinski definition) is 1. The molecule has 14 heavy (non-hydrogen) atoms. The van der Waals surface area contributed by atoms with Crippen LogP contribution < -0.4 is 5.73 Å². The third-order valence-corrected chi connectivity index (χ3v) is 2.90. The van der Waals surface area contributed by atoms with Crippen molar-refractivity contribution in [3.63, 3.8) is 0 Å². The zero-order valence-corrected chi connectivity index (χ0v) is 9.29. The molecule has 1 rings (SSSR count). The Morgan fingerprint density at radius 3 is 2.86 bits per heavy atom. The van der Waals surface area contributed by atoms with Gasteiger partial charge in [-0.05, 0) is 13.5 Å². The van der Waals surface area contributed by atoms with Gasteiger partial charge in [-0.2, -0.15) is 0 Å². The van der Waals surface area contributed by atoms with Crippen molar-refractivity contribution in [3.8, 4) is 0 Å². The van der Waals surface area contributed by atoms with Crippen molar-refractivity contribution >= 4 is 0 Å². The Morgan fingerprint density at radius 1 is 1.57 bits per heavy atom. The van der Waals surface area contributed by atoms with E-state index in [4.69, 9.17) is 15.2 Å². The molecule has 1 saturated heterocycles. The number of likely N-dealkylation sites (N-methyl/N-ethyl adjacent to an activating group) is 1. The van der Waals surface area contributed by atoms with Gasteiger partial charge < -0.3 is 20.1 Å². The molecule has 0 radical (unpaired) electrons. The van der Waals surface area contributed by atoms with E-state index in [1.165, 1.54) is 0 Å². The first-order chi connectivity index (χ1) is 6.72. The van der Waals surface area contributed by atoms with Crippen LogP contribution in [0.25, 0.3) is 0 Å². The summed E-state index contributed by atoms with van der Waals surface area (Å²) >= 11 is 0. The maximum atomic E-state index is 5.81. The second-order valence-electron chi connectivity index (χ2n) is 4.24. The second kappa shape index (κ2) is 5.66. The molecule has 4 heteroatoms. The lowest BCUT2D eigenvalue weighted by molar-refractivity contribution is 0.105. The summed E-state index contributed by atoms with van der Waals surface area (Å²) in [4.78, 5) is 2.27. The predicted molar refractivity (Wildman–Crippen MR) is 56.3 cm³/mol. The third kappa shape index (κ3) is 3.20. The lowest BCUT2D eigenvalue weighted by Crippen LogP contribution is -2.42. The summed E-state index contributed by atoms with van der Waals surface area (Å²) in [6.45, 7) is 5.11. The van der Waals surface area contributed by atoms with Crippen LogP contribution in [0.4, 0.5) is 0 Å². The molecular formula is C10H22N2O2. The van der Waals surface area contributed by atoms with Crippen LogP contribution in [-0.2, 0) is 9.47 Å². The molecule has 0 saturated carbocycles. The zero-order valence-electron chi connectivity index (χ0n) is 9.29. The maximum Gasteiger partial charge on any atom is 0.0589 e. The topological polar surface area (TPSA) is 47.7 Å². The van der Waals surface area contributed by atoms with Crippen molar-refractivity contribution in [2.75, 3.05) is 53.6 Å². The van der Waals surface area contributed by atoms with Gasteiger partial charge in [-0.15, -0.1) is 0 Å². The highest BCUT2D eigenvalue weighted by molar-refractivity contribution is 4.86. The summed E-state index contributed by atoms with van der Waals surface area (Å²) in [6, 6.07) is 0. The minimum atomic E-state index is 0.183. The van der Waals surface area contributed by atoms with Gasteiger partial charge in [0.05, 0.1) is 13.2 Å². The first-order valence-electron chi connectivity index (χ1n) is 5.18. The van der Waals surface area contributed by atoms with Gasteiger partial charge in [0, 0.05) is 38.8 Å². The lowest BCUT2D eigenvalue weighted by atomic mass is 9.87. The Labute approximate surface area is 86.3 Å². The van der Waals surface area contributed by atoms with Crippen LogP contribution in [0.15, 0.2) is 0 Å². The minimum absolute atomic E-state index is 0.183. The summed E-state index contributed by atoms with van der Waals surface area (Å²) in [5, 5.41) is 0. The smallest absolute Gasteiger partial charge is 0.0589 e. The number of nitrogens with two attached hydrogens (primary N) is 1. The molecule has 84 valence electrons. The van der Waals surface area contributed by atoms with Crippen LogP contribution in [0.1, 0.15) is 6.42 Å². The highest BCUT2D eigenvalue weighted by Gasteiger charge is 2.34. The van der Waals surface area contributed by atoms with Crippen LogP contribution in [0.5, 0.6) is 0 Å². The van der Waals surface area contributed by atoms with E-state index in [1.54, 1.807) is 7.11 Å². The van der Waals surface area contributed by atoms with Crippen LogP contribution in [0, 0.1) is 5.41 Å². The van der Waals surface area contributed by atoms with Crippen molar-refractivity contribution in [2.24, 2.45) is 11.1 Å². The Kier molecular flexibility index (Phi) is 4.81. The summed E-state index contributed by atoms with van der Waals surface area (Å²) in [5.41, 5.74) is 5.99. The quantitative estimate of drug-likeness (QED) is 0.655. The van der Waals surface area contributed by atoms with E-state index in [0.717, 1.165) is 39.3 Å². The average molecular weight is 202 g/mol. The molecule has 1 heterocycles. The molecule has 1 fully saturated rings. The number of hydrogen-bond acceptors (Lipinski definition) is 4. The van der Waals surface area contributed by atoms with Gasteiger partial charge in [0.25, 0.3) is 0 Å².